The van der Waals surface area contributed by atoms with Crippen molar-refractivity contribution in [1.82, 2.24) is 48.3 Å². The lowest BCUT2D eigenvalue weighted by Crippen LogP contribution is -2.53. The molecule has 3 N–H and O–H groups in total. The fraction of sp³-hybridized carbons (Fsp3) is 0.439. The number of hydrogen-bond donors (Lipinski definition) is 2. The third-order valence-corrected chi connectivity index (χ3v) is 15.8. The number of carbonyl (C=O) groups excluding carboxylic acids is 1. The summed E-state index contributed by atoms with van der Waals surface area (Å²) in [6.07, 6.45) is 5.07. The van der Waals surface area contributed by atoms with E-state index in [0.29, 0.717) is 64.8 Å². The number of carboxylic acids is 1. The number of carbonyl (C=O) groups is 2. The van der Waals surface area contributed by atoms with E-state index in [-0.39, 0.29) is 62.7 Å². The van der Waals surface area contributed by atoms with Gasteiger partial charge in [-0.15, -0.1) is 9.59 Å². The Bertz CT molecular complexity index is 3910. The summed E-state index contributed by atoms with van der Waals surface area (Å²) in [4.78, 5) is 85.0. The number of benzene rings is 2. The zero-order valence-electron chi connectivity index (χ0n) is 48.5. The second-order valence-electron chi connectivity index (χ2n) is 20.8. The van der Waals surface area contributed by atoms with Gasteiger partial charge >= 0.3 is 17.3 Å². The zero-order chi connectivity index (χ0) is 61.1. The van der Waals surface area contributed by atoms with Gasteiger partial charge in [0, 0.05) is 28.7 Å². The SMILES string of the molecule is CC(C)N.COc1ccccc1[C@H](Cn1c(=O)n(C(C)(C)C(=O)CC(C)C)c(=O)c2c(C)c(-n3nccn3)sc21)OCCC#N.COc1ccccc1[C@H](Cn1c(=O)n(C(C)(C)C(=O)O)c(=O)c2c(C)c(-n3nccn3)sc21)OCCC#N. The van der Waals surface area contributed by atoms with Gasteiger partial charge in [-0.1, -0.05) is 86.8 Å². The molecule has 0 aliphatic rings. The summed E-state index contributed by atoms with van der Waals surface area (Å²) in [5, 5.41) is 46.4. The van der Waals surface area contributed by atoms with E-state index in [4.69, 9.17) is 35.2 Å². The quantitative estimate of drug-likeness (QED) is 0.0638. The number of ether oxygens (including phenoxy) is 4. The molecule has 440 valence electrons. The molecule has 0 saturated carbocycles. The molecule has 0 aliphatic heterocycles. The molecule has 0 saturated heterocycles. The maximum Gasteiger partial charge on any atom is 0.333 e. The molecule has 26 heteroatoms. The number of thiophene rings is 2. The molecule has 83 heavy (non-hydrogen) atoms. The minimum Gasteiger partial charge on any atom is -0.496 e. The minimum absolute atomic E-state index is 0.00178. The Morgan fingerprint density at radius 3 is 1.35 bits per heavy atom. The number of nitrogens with zero attached hydrogens (tertiary/aromatic N) is 12. The van der Waals surface area contributed by atoms with Crippen molar-refractivity contribution in [1.29, 1.82) is 10.5 Å². The second kappa shape index (κ2) is 27.6. The monoisotopic (exact) mass is 1180 g/mol. The first-order valence-electron chi connectivity index (χ1n) is 26.5. The van der Waals surface area contributed by atoms with Gasteiger partial charge in [-0.25, -0.2) is 23.5 Å². The molecule has 0 fully saturated rings. The average molecular weight is 1180 g/mol. The Morgan fingerprint density at radius 2 is 1.01 bits per heavy atom. The first kappa shape index (κ1) is 63.8. The Morgan fingerprint density at radius 1 is 0.651 bits per heavy atom. The summed E-state index contributed by atoms with van der Waals surface area (Å²) in [5.41, 5.74) is 1.57. The fourth-order valence-electron chi connectivity index (χ4n) is 9.01. The summed E-state index contributed by atoms with van der Waals surface area (Å²) in [5.74, 6) is -0.431. The molecular formula is C57H69N13O11S2. The number of carboxylic acid groups (broad SMARTS) is 1. The van der Waals surface area contributed by atoms with Crippen molar-refractivity contribution in [2.24, 2.45) is 11.7 Å². The minimum atomic E-state index is -1.84. The molecule has 8 rings (SSSR count). The van der Waals surface area contributed by atoms with Crippen molar-refractivity contribution in [3.63, 3.8) is 0 Å². The van der Waals surface area contributed by atoms with Crippen LogP contribution in [0, 0.1) is 42.4 Å². The number of methoxy groups -OCH3 is 2. The highest BCUT2D eigenvalue weighted by molar-refractivity contribution is 7.21. The summed E-state index contributed by atoms with van der Waals surface area (Å²) >= 11 is 2.35. The van der Waals surface area contributed by atoms with E-state index in [1.807, 2.05) is 52.0 Å². The van der Waals surface area contributed by atoms with E-state index in [0.717, 1.165) is 20.5 Å². The number of ketones is 1. The van der Waals surface area contributed by atoms with Gasteiger partial charge in [-0.2, -0.15) is 30.9 Å². The number of para-hydroxylation sites is 2. The molecule has 2 aromatic carbocycles. The first-order valence-corrected chi connectivity index (χ1v) is 28.1. The highest BCUT2D eigenvalue weighted by atomic mass is 32.1. The number of aryl methyl sites for hydroxylation is 2. The average Bonchev–Trinajstić information content (AvgIpc) is 2.04. The van der Waals surface area contributed by atoms with Crippen molar-refractivity contribution in [3.8, 4) is 33.6 Å². The largest absolute Gasteiger partial charge is 0.496 e. The smallest absolute Gasteiger partial charge is 0.333 e. The predicted molar refractivity (Wildman–Crippen MR) is 314 cm³/mol. The van der Waals surface area contributed by atoms with Crippen LogP contribution in [0.3, 0.4) is 0 Å². The topological polar surface area (TPSA) is 314 Å². The van der Waals surface area contributed by atoms with Gasteiger partial charge in [0.25, 0.3) is 11.1 Å². The van der Waals surface area contributed by atoms with Gasteiger partial charge in [0.1, 0.15) is 54.4 Å². The molecule has 0 spiro atoms. The van der Waals surface area contributed by atoms with Gasteiger partial charge in [-0.05, 0) is 65.6 Å². The van der Waals surface area contributed by atoms with Crippen molar-refractivity contribution >= 4 is 54.9 Å². The van der Waals surface area contributed by atoms with Crippen LogP contribution >= 0.6 is 22.7 Å². The Kier molecular flexibility index (Phi) is 21.2. The summed E-state index contributed by atoms with van der Waals surface area (Å²) < 4.78 is 27.9. The van der Waals surface area contributed by atoms with Crippen LogP contribution in [0.5, 0.6) is 11.5 Å². The third kappa shape index (κ3) is 13.8. The predicted octanol–water partition coefficient (Wildman–Crippen LogP) is 7.11. The Balaban J connectivity index is 0.000000251. The standard InChI is InChI=1S/C29H34N6O5S.C25H26N6O6S.C3H9N/c1-18(2)16-23(36)29(4,5)34-25(37)24-19(3)26(35-31-13-14-32-35)41-27(24)33(28(34)38)17-22(40-15-9-12-30)20-10-7-8-11-21(20)39-6;1-15-19-20(32)30(25(2,3)23(33)34)24(35)29(22(19)38-21(15)31-27-11-12-28-31)14-18(37-13-7-10-26)16-8-5-6-9-17(16)36-4;1-3(2)4/h7-8,10-11,13-14,18,22H,9,15-17H2,1-6H3;5-6,8-9,11-12,18H,7,13-14H2,1-4H3,(H,33,34);3H,4H2,1-2H3/t22-;18-;/m00./s1. The van der Waals surface area contributed by atoms with Gasteiger partial charge in [0.05, 0.1) is 101 Å². The van der Waals surface area contributed by atoms with Crippen molar-refractivity contribution in [3.05, 3.63) is 137 Å². The number of fused-ring (bicyclic) bond motifs is 2. The summed E-state index contributed by atoms with van der Waals surface area (Å²) in [6, 6.07) is 18.9. The van der Waals surface area contributed by atoms with Crippen LogP contribution < -0.4 is 37.7 Å². The Hall–Kier alpha value is -8.40. The highest BCUT2D eigenvalue weighted by Gasteiger charge is 2.38. The van der Waals surface area contributed by atoms with E-state index in [1.54, 1.807) is 65.1 Å². The Labute approximate surface area is 486 Å². The first-order chi connectivity index (χ1) is 39.4. The van der Waals surface area contributed by atoms with Gasteiger partial charge in [-0.3, -0.25) is 23.5 Å². The molecule has 0 aliphatic carbocycles. The lowest BCUT2D eigenvalue weighted by atomic mass is 9.91. The molecule has 24 nitrogen and oxygen atoms in total. The van der Waals surface area contributed by atoms with Crippen LogP contribution in [0.1, 0.15) is 109 Å². The second-order valence-corrected chi connectivity index (χ2v) is 22.8. The molecule has 0 bridgehead atoms. The maximum absolute atomic E-state index is 14.3. The van der Waals surface area contributed by atoms with Crippen LogP contribution in [0.2, 0.25) is 0 Å². The molecule has 6 aromatic heterocycles. The number of nitrogens with two attached hydrogens (primary N) is 1. The number of nitriles is 2. The van der Waals surface area contributed by atoms with E-state index >= 15 is 0 Å². The number of Topliss-reactive ketones (excluding diaryl/α,β-unsaturated/α-hetero) is 1. The highest BCUT2D eigenvalue weighted by Crippen LogP contribution is 2.36. The lowest BCUT2D eigenvalue weighted by molar-refractivity contribution is -0.146. The molecular weight excluding hydrogens is 1110 g/mol. The van der Waals surface area contributed by atoms with Crippen LogP contribution in [0.15, 0.2) is 92.5 Å². The number of aliphatic carboxylic acids is 1. The van der Waals surface area contributed by atoms with Crippen molar-refractivity contribution < 1.29 is 33.6 Å². The normalized spacial score (nSPS) is 12.3. The van der Waals surface area contributed by atoms with Crippen molar-refractivity contribution in [2.45, 2.75) is 131 Å². The summed E-state index contributed by atoms with van der Waals surface area (Å²) in [7, 11) is 3.06. The van der Waals surface area contributed by atoms with E-state index in [2.05, 4.69) is 26.5 Å². The van der Waals surface area contributed by atoms with Crippen LogP contribution in [-0.2, 0) is 43.2 Å². The maximum atomic E-state index is 14.3. The zero-order valence-corrected chi connectivity index (χ0v) is 50.1. The van der Waals surface area contributed by atoms with Crippen LogP contribution in [-0.4, -0.2) is 98.6 Å². The van der Waals surface area contributed by atoms with E-state index in [9.17, 15) is 33.9 Å². The number of aromatic nitrogens is 10. The molecule has 2 atom stereocenters. The molecule has 0 unspecified atom stereocenters. The van der Waals surface area contributed by atoms with Crippen molar-refractivity contribution in [2.75, 3.05) is 27.4 Å². The summed E-state index contributed by atoms with van der Waals surface area (Å²) in [6.45, 7) is 17.2. The fourth-order valence-corrected chi connectivity index (χ4v) is 11.5. The van der Waals surface area contributed by atoms with Gasteiger partial charge < -0.3 is 29.8 Å². The van der Waals surface area contributed by atoms with E-state index in [1.165, 1.54) is 75.8 Å². The molecule has 0 amide bonds. The molecule has 8 aromatic rings. The van der Waals surface area contributed by atoms with Gasteiger partial charge in [0.15, 0.2) is 5.78 Å². The van der Waals surface area contributed by atoms with E-state index < -0.39 is 51.8 Å². The van der Waals surface area contributed by atoms with Crippen LogP contribution in [0.4, 0.5) is 0 Å². The number of rotatable bonds is 22. The molecule has 0 radical (unpaired) electrons. The number of hydrogen-bond acceptors (Lipinski definition) is 19. The third-order valence-electron chi connectivity index (χ3n) is 13.2. The molecule has 6 heterocycles. The van der Waals surface area contributed by atoms with Gasteiger partial charge in [0.2, 0.25) is 0 Å². The lowest BCUT2D eigenvalue weighted by Gasteiger charge is -2.28. The van der Waals surface area contributed by atoms with Crippen LogP contribution in [0.25, 0.3) is 30.4 Å².